The lowest BCUT2D eigenvalue weighted by Crippen LogP contribution is -2.56. The van der Waals surface area contributed by atoms with Crippen molar-refractivity contribution in [3.05, 3.63) is 59.8 Å². The van der Waals surface area contributed by atoms with Gasteiger partial charge in [-0.3, -0.25) is 4.79 Å². The Morgan fingerprint density at radius 1 is 1.32 bits per heavy atom. The molecule has 2 heterocycles. The molecule has 1 fully saturated rings. The van der Waals surface area contributed by atoms with Crippen molar-refractivity contribution in [3.63, 3.8) is 0 Å². The summed E-state index contributed by atoms with van der Waals surface area (Å²) in [6, 6.07) is 15.0. The van der Waals surface area contributed by atoms with E-state index in [0.29, 0.717) is 31.0 Å². The summed E-state index contributed by atoms with van der Waals surface area (Å²) in [4.78, 5) is 17.9. The van der Waals surface area contributed by atoms with E-state index >= 15 is 0 Å². The Kier molecular flexibility index (Phi) is 4.01. The molecular weight excluding hydrogens is 278 g/mol. The lowest BCUT2D eigenvalue weighted by atomic mass is 10.1. The third-order valence-corrected chi connectivity index (χ3v) is 3.55. The highest BCUT2D eigenvalue weighted by atomic mass is 16.5. The third-order valence-electron chi connectivity index (χ3n) is 3.55. The number of hydrogen-bond donors (Lipinski definition) is 0. The Labute approximate surface area is 128 Å². The molecule has 1 saturated heterocycles. The predicted octanol–water partition coefficient (Wildman–Crippen LogP) is 1.79. The highest BCUT2D eigenvalue weighted by Crippen LogP contribution is 2.18. The van der Waals surface area contributed by atoms with Crippen LogP contribution in [-0.2, 0) is 11.2 Å². The van der Waals surface area contributed by atoms with E-state index in [-0.39, 0.29) is 12.0 Å². The quantitative estimate of drug-likeness (QED) is 0.862. The number of hydrogen-bond acceptors (Lipinski definition) is 4. The average Bonchev–Trinajstić information content (AvgIpc) is 2.51. The molecule has 1 aliphatic heterocycles. The van der Waals surface area contributed by atoms with Crippen LogP contribution in [0.5, 0.6) is 5.88 Å². The number of pyridine rings is 1. The first-order valence-electron chi connectivity index (χ1n) is 7.09. The maximum absolute atomic E-state index is 12.1. The SMILES string of the molecule is N#Cc1ccnc(OC2CN(C(=O)Cc3ccccc3)C2)c1. The van der Waals surface area contributed by atoms with Gasteiger partial charge in [-0.1, -0.05) is 30.3 Å². The maximum Gasteiger partial charge on any atom is 0.227 e. The number of carbonyl (C=O) groups is 1. The summed E-state index contributed by atoms with van der Waals surface area (Å²) in [5.74, 6) is 0.531. The molecule has 1 aliphatic rings. The average molecular weight is 293 g/mol. The maximum atomic E-state index is 12.1. The lowest BCUT2D eigenvalue weighted by molar-refractivity contribution is -0.139. The van der Waals surface area contributed by atoms with Crippen molar-refractivity contribution in [1.29, 1.82) is 5.26 Å². The third kappa shape index (κ3) is 3.23. The van der Waals surface area contributed by atoms with Crippen LogP contribution in [0.1, 0.15) is 11.1 Å². The van der Waals surface area contributed by atoms with E-state index in [2.05, 4.69) is 4.98 Å². The highest BCUT2D eigenvalue weighted by molar-refractivity contribution is 5.79. The fraction of sp³-hybridized carbons (Fsp3) is 0.235. The minimum atomic E-state index is -0.0545. The molecule has 1 aromatic carbocycles. The molecule has 0 N–H and O–H groups in total. The van der Waals surface area contributed by atoms with Gasteiger partial charge in [0, 0.05) is 12.3 Å². The normalized spacial score (nSPS) is 14.0. The van der Waals surface area contributed by atoms with Gasteiger partial charge in [0.15, 0.2) is 0 Å². The lowest BCUT2D eigenvalue weighted by Gasteiger charge is -2.38. The largest absolute Gasteiger partial charge is 0.471 e. The zero-order chi connectivity index (χ0) is 15.4. The van der Waals surface area contributed by atoms with Gasteiger partial charge in [0.25, 0.3) is 0 Å². The van der Waals surface area contributed by atoms with Crippen LogP contribution in [0.15, 0.2) is 48.7 Å². The highest BCUT2D eigenvalue weighted by Gasteiger charge is 2.32. The number of amides is 1. The van der Waals surface area contributed by atoms with Crippen LogP contribution in [0.3, 0.4) is 0 Å². The first-order valence-corrected chi connectivity index (χ1v) is 7.09. The second kappa shape index (κ2) is 6.27. The number of nitrogens with zero attached hydrogens (tertiary/aromatic N) is 3. The van der Waals surface area contributed by atoms with Crippen molar-refractivity contribution in [1.82, 2.24) is 9.88 Å². The van der Waals surface area contributed by atoms with Crippen molar-refractivity contribution < 1.29 is 9.53 Å². The molecule has 110 valence electrons. The van der Waals surface area contributed by atoms with Gasteiger partial charge >= 0.3 is 0 Å². The second-order valence-corrected chi connectivity index (χ2v) is 5.20. The van der Waals surface area contributed by atoms with Crippen molar-refractivity contribution in [2.75, 3.05) is 13.1 Å². The number of rotatable bonds is 4. The fourth-order valence-corrected chi connectivity index (χ4v) is 2.31. The standard InChI is InChI=1S/C17H15N3O2/c18-10-14-6-7-19-16(8-14)22-15-11-20(12-15)17(21)9-13-4-2-1-3-5-13/h1-8,15H,9,11-12H2. The van der Waals surface area contributed by atoms with Crippen molar-refractivity contribution in [2.45, 2.75) is 12.5 Å². The van der Waals surface area contributed by atoms with E-state index in [1.54, 1.807) is 23.2 Å². The summed E-state index contributed by atoms with van der Waals surface area (Å²) in [7, 11) is 0. The van der Waals surface area contributed by atoms with Gasteiger partial charge in [-0.05, 0) is 11.6 Å². The molecule has 0 unspecified atom stereocenters. The Balaban J connectivity index is 1.49. The molecule has 5 heteroatoms. The van der Waals surface area contributed by atoms with Gasteiger partial charge < -0.3 is 9.64 Å². The van der Waals surface area contributed by atoms with Crippen LogP contribution >= 0.6 is 0 Å². The van der Waals surface area contributed by atoms with Gasteiger partial charge in [0.2, 0.25) is 11.8 Å². The van der Waals surface area contributed by atoms with E-state index in [1.165, 1.54) is 0 Å². The van der Waals surface area contributed by atoms with Gasteiger partial charge in [-0.2, -0.15) is 5.26 Å². The molecule has 0 radical (unpaired) electrons. The summed E-state index contributed by atoms with van der Waals surface area (Å²) in [6.45, 7) is 1.12. The summed E-state index contributed by atoms with van der Waals surface area (Å²) in [5, 5.41) is 8.84. The monoisotopic (exact) mass is 293 g/mol. The van der Waals surface area contributed by atoms with Gasteiger partial charge in [-0.25, -0.2) is 4.98 Å². The number of ether oxygens (including phenoxy) is 1. The van der Waals surface area contributed by atoms with Crippen LogP contribution in [0.4, 0.5) is 0 Å². The van der Waals surface area contributed by atoms with E-state index in [1.807, 2.05) is 36.4 Å². The number of nitriles is 1. The smallest absolute Gasteiger partial charge is 0.227 e. The van der Waals surface area contributed by atoms with Crippen LogP contribution < -0.4 is 4.74 Å². The topological polar surface area (TPSA) is 66.2 Å². The molecule has 3 rings (SSSR count). The first-order chi connectivity index (χ1) is 10.7. The number of benzene rings is 1. The Hall–Kier alpha value is -2.87. The molecule has 0 saturated carbocycles. The first kappa shape index (κ1) is 14.1. The molecular formula is C17H15N3O2. The van der Waals surface area contributed by atoms with Crippen LogP contribution in [-0.4, -0.2) is 35.0 Å². The number of carbonyl (C=O) groups excluding carboxylic acids is 1. The number of aromatic nitrogens is 1. The summed E-state index contributed by atoms with van der Waals surface area (Å²) in [5.41, 5.74) is 1.53. The van der Waals surface area contributed by atoms with Crippen LogP contribution in [0, 0.1) is 11.3 Å². The van der Waals surface area contributed by atoms with E-state index in [9.17, 15) is 4.79 Å². The zero-order valence-electron chi connectivity index (χ0n) is 12.0. The molecule has 2 aromatic rings. The van der Waals surface area contributed by atoms with Crippen LogP contribution in [0.25, 0.3) is 0 Å². The number of likely N-dealkylation sites (tertiary alicyclic amines) is 1. The van der Waals surface area contributed by atoms with Gasteiger partial charge in [0.1, 0.15) is 6.10 Å². The van der Waals surface area contributed by atoms with Gasteiger partial charge in [-0.15, -0.1) is 0 Å². The van der Waals surface area contributed by atoms with E-state index in [0.717, 1.165) is 5.56 Å². The Bertz CT molecular complexity index is 703. The molecule has 5 nitrogen and oxygen atoms in total. The second-order valence-electron chi connectivity index (χ2n) is 5.20. The Morgan fingerprint density at radius 2 is 2.09 bits per heavy atom. The van der Waals surface area contributed by atoms with Gasteiger partial charge in [0.05, 0.1) is 31.1 Å². The van der Waals surface area contributed by atoms with E-state index < -0.39 is 0 Å². The van der Waals surface area contributed by atoms with Crippen LogP contribution in [0.2, 0.25) is 0 Å². The molecule has 1 aromatic heterocycles. The summed E-state index contributed by atoms with van der Waals surface area (Å²) >= 11 is 0. The molecule has 0 aliphatic carbocycles. The summed E-state index contributed by atoms with van der Waals surface area (Å²) in [6.07, 6.45) is 1.90. The van der Waals surface area contributed by atoms with E-state index in [4.69, 9.17) is 10.00 Å². The molecule has 0 bridgehead atoms. The van der Waals surface area contributed by atoms with Crippen molar-refractivity contribution in [3.8, 4) is 11.9 Å². The summed E-state index contributed by atoms with van der Waals surface area (Å²) < 4.78 is 5.67. The van der Waals surface area contributed by atoms with Crippen molar-refractivity contribution in [2.24, 2.45) is 0 Å². The molecule has 0 atom stereocenters. The minimum Gasteiger partial charge on any atom is -0.471 e. The predicted molar refractivity (Wildman–Crippen MR) is 80.1 cm³/mol. The van der Waals surface area contributed by atoms with Crippen molar-refractivity contribution >= 4 is 5.91 Å². The molecule has 22 heavy (non-hydrogen) atoms. The minimum absolute atomic E-state index is 0.0545. The molecule has 1 amide bonds. The molecule has 0 spiro atoms. The Morgan fingerprint density at radius 3 is 2.82 bits per heavy atom. The zero-order valence-corrected chi connectivity index (χ0v) is 12.0. The fourth-order valence-electron chi connectivity index (χ4n) is 2.31.